The molecule has 1 saturated carbocycles. The van der Waals surface area contributed by atoms with Crippen LogP contribution in [-0.4, -0.2) is 23.8 Å². The van der Waals surface area contributed by atoms with Gasteiger partial charge >= 0.3 is 0 Å². The Balaban J connectivity index is 2.38. The third kappa shape index (κ3) is 5.84. The van der Waals surface area contributed by atoms with E-state index in [1.807, 2.05) is 0 Å². The standard InChI is InChI=1S/C15H28N2O/c1-15(2,3)9-13(18)11-17-14-8-6-4-5-7-12(14)10-16/h12-14,17-18H,4-9,11H2,1-3H3. The number of rotatable bonds is 4. The van der Waals surface area contributed by atoms with Crippen LogP contribution in [0.3, 0.4) is 0 Å². The Morgan fingerprint density at radius 2 is 1.94 bits per heavy atom. The first-order valence-corrected chi connectivity index (χ1v) is 7.23. The molecule has 0 aromatic rings. The highest BCUT2D eigenvalue weighted by Gasteiger charge is 2.24. The molecule has 3 atom stereocenters. The topological polar surface area (TPSA) is 56.0 Å². The van der Waals surface area contributed by atoms with E-state index in [2.05, 4.69) is 32.2 Å². The summed E-state index contributed by atoms with van der Waals surface area (Å²) in [6, 6.07) is 2.69. The lowest BCUT2D eigenvalue weighted by molar-refractivity contribution is 0.114. The van der Waals surface area contributed by atoms with Gasteiger partial charge < -0.3 is 10.4 Å². The zero-order valence-corrected chi connectivity index (χ0v) is 12.1. The molecule has 3 unspecified atom stereocenters. The van der Waals surface area contributed by atoms with Gasteiger partial charge in [-0.25, -0.2) is 0 Å². The third-order valence-electron chi connectivity index (χ3n) is 3.65. The summed E-state index contributed by atoms with van der Waals surface area (Å²) in [5, 5.41) is 22.6. The van der Waals surface area contributed by atoms with Gasteiger partial charge in [0.05, 0.1) is 18.1 Å². The van der Waals surface area contributed by atoms with Crippen molar-refractivity contribution in [3.05, 3.63) is 0 Å². The van der Waals surface area contributed by atoms with Crippen molar-refractivity contribution in [2.24, 2.45) is 11.3 Å². The second-order valence-corrected chi connectivity index (χ2v) is 6.81. The van der Waals surface area contributed by atoms with Crippen molar-refractivity contribution in [1.82, 2.24) is 5.32 Å². The summed E-state index contributed by atoms with van der Waals surface area (Å²) in [5.74, 6) is 0.120. The van der Waals surface area contributed by atoms with Gasteiger partial charge in [-0.3, -0.25) is 0 Å². The maximum atomic E-state index is 10.00. The molecule has 0 aromatic heterocycles. The molecule has 0 spiro atoms. The molecule has 0 amide bonds. The van der Waals surface area contributed by atoms with E-state index >= 15 is 0 Å². The maximum absolute atomic E-state index is 10.00. The quantitative estimate of drug-likeness (QED) is 0.756. The van der Waals surface area contributed by atoms with Gasteiger partial charge in [0.1, 0.15) is 0 Å². The fourth-order valence-electron chi connectivity index (χ4n) is 2.77. The molecule has 0 radical (unpaired) electrons. The molecule has 2 N–H and O–H groups in total. The summed E-state index contributed by atoms with van der Waals surface area (Å²) >= 11 is 0. The molecule has 1 rings (SSSR count). The molecule has 0 aromatic carbocycles. The number of aliphatic hydroxyl groups is 1. The average molecular weight is 252 g/mol. The van der Waals surface area contributed by atoms with Gasteiger partial charge in [-0.15, -0.1) is 0 Å². The van der Waals surface area contributed by atoms with Crippen molar-refractivity contribution in [1.29, 1.82) is 5.26 Å². The van der Waals surface area contributed by atoms with Gasteiger partial charge in [0.2, 0.25) is 0 Å². The van der Waals surface area contributed by atoms with E-state index in [1.165, 1.54) is 19.3 Å². The lowest BCUT2D eigenvalue weighted by Gasteiger charge is -2.26. The highest BCUT2D eigenvalue weighted by atomic mass is 16.3. The minimum absolute atomic E-state index is 0.120. The molecule has 18 heavy (non-hydrogen) atoms. The largest absolute Gasteiger partial charge is 0.392 e. The number of nitrogens with one attached hydrogen (secondary N) is 1. The zero-order chi connectivity index (χ0) is 13.6. The molecule has 1 fully saturated rings. The van der Waals surface area contributed by atoms with Crippen LogP contribution >= 0.6 is 0 Å². The second-order valence-electron chi connectivity index (χ2n) is 6.81. The molecule has 3 nitrogen and oxygen atoms in total. The van der Waals surface area contributed by atoms with Crippen LogP contribution in [0.15, 0.2) is 0 Å². The van der Waals surface area contributed by atoms with E-state index in [4.69, 9.17) is 0 Å². The highest BCUT2D eigenvalue weighted by Crippen LogP contribution is 2.24. The van der Waals surface area contributed by atoms with Crippen LogP contribution < -0.4 is 5.32 Å². The first-order chi connectivity index (χ1) is 8.42. The number of nitrogens with zero attached hydrogens (tertiary/aromatic N) is 1. The predicted octanol–water partition coefficient (Wildman–Crippen LogP) is 2.85. The van der Waals surface area contributed by atoms with Crippen LogP contribution in [0.25, 0.3) is 0 Å². The van der Waals surface area contributed by atoms with Crippen molar-refractivity contribution < 1.29 is 5.11 Å². The van der Waals surface area contributed by atoms with E-state index in [-0.39, 0.29) is 23.5 Å². The Kier molecular flexibility index (Phi) is 6.11. The predicted molar refractivity (Wildman–Crippen MR) is 74.1 cm³/mol. The molecular weight excluding hydrogens is 224 g/mol. The van der Waals surface area contributed by atoms with E-state index in [9.17, 15) is 10.4 Å². The minimum atomic E-state index is -0.312. The molecule has 0 heterocycles. The number of hydrogen-bond acceptors (Lipinski definition) is 3. The van der Waals surface area contributed by atoms with Crippen molar-refractivity contribution >= 4 is 0 Å². The summed E-state index contributed by atoms with van der Waals surface area (Å²) in [7, 11) is 0. The Hall–Kier alpha value is -0.590. The van der Waals surface area contributed by atoms with Crippen molar-refractivity contribution in [3.8, 4) is 6.07 Å². The Morgan fingerprint density at radius 1 is 1.28 bits per heavy atom. The molecule has 104 valence electrons. The van der Waals surface area contributed by atoms with E-state index in [0.717, 1.165) is 19.3 Å². The molecule has 1 aliphatic carbocycles. The summed E-state index contributed by atoms with van der Waals surface area (Å²) in [5.41, 5.74) is 0.152. The number of hydrogen-bond donors (Lipinski definition) is 2. The average Bonchev–Trinajstić information content (AvgIpc) is 2.48. The summed E-state index contributed by atoms with van der Waals surface area (Å²) in [6.07, 6.45) is 6.16. The molecule has 0 saturated heterocycles. The minimum Gasteiger partial charge on any atom is -0.392 e. The fraction of sp³-hybridized carbons (Fsp3) is 0.933. The Labute approximate surface area is 112 Å². The van der Waals surface area contributed by atoms with Crippen LogP contribution in [0.5, 0.6) is 0 Å². The van der Waals surface area contributed by atoms with Crippen molar-refractivity contribution in [2.75, 3.05) is 6.54 Å². The Morgan fingerprint density at radius 3 is 2.56 bits per heavy atom. The molecule has 0 bridgehead atoms. The second kappa shape index (κ2) is 7.11. The maximum Gasteiger partial charge on any atom is 0.0672 e. The molecule has 0 aliphatic heterocycles. The summed E-state index contributed by atoms with van der Waals surface area (Å²) in [4.78, 5) is 0. The van der Waals surface area contributed by atoms with Crippen LogP contribution in [0.2, 0.25) is 0 Å². The van der Waals surface area contributed by atoms with Crippen LogP contribution in [0.4, 0.5) is 0 Å². The Bertz CT molecular complexity index is 277. The first-order valence-electron chi connectivity index (χ1n) is 7.23. The van der Waals surface area contributed by atoms with Gasteiger partial charge in [0.25, 0.3) is 0 Å². The third-order valence-corrected chi connectivity index (χ3v) is 3.65. The number of nitriles is 1. The SMILES string of the molecule is CC(C)(C)CC(O)CNC1CCCCCC1C#N. The van der Waals surface area contributed by atoms with Gasteiger partial charge in [0, 0.05) is 12.6 Å². The normalized spacial score (nSPS) is 27.3. The smallest absolute Gasteiger partial charge is 0.0672 e. The summed E-state index contributed by atoms with van der Waals surface area (Å²) < 4.78 is 0. The van der Waals surface area contributed by atoms with E-state index in [0.29, 0.717) is 6.54 Å². The first kappa shape index (κ1) is 15.5. The van der Waals surface area contributed by atoms with Gasteiger partial charge in [-0.05, 0) is 24.7 Å². The highest BCUT2D eigenvalue weighted by molar-refractivity contribution is 4.93. The summed E-state index contributed by atoms with van der Waals surface area (Å²) in [6.45, 7) is 7.03. The van der Waals surface area contributed by atoms with Gasteiger partial charge in [-0.2, -0.15) is 5.26 Å². The van der Waals surface area contributed by atoms with Crippen LogP contribution in [0, 0.1) is 22.7 Å². The zero-order valence-electron chi connectivity index (χ0n) is 12.1. The molecule has 1 aliphatic rings. The van der Waals surface area contributed by atoms with Gasteiger partial charge in [0.15, 0.2) is 0 Å². The fourth-order valence-corrected chi connectivity index (χ4v) is 2.77. The van der Waals surface area contributed by atoms with Gasteiger partial charge in [-0.1, -0.05) is 40.0 Å². The van der Waals surface area contributed by atoms with E-state index in [1.54, 1.807) is 0 Å². The lowest BCUT2D eigenvalue weighted by atomic mass is 9.89. The monoisotopic (exact) mass is 252 g/mol. The molecular formula is C15H28N2O. The van der Waals surface area contributed by atoms with Crippen molar-refractivity contribution in [3.63, 3.8) is 0 Å². The van der Waals surface area contributed by atoms with Crippen LogP contribution in [-0.2, 0) is 0 Å². The molecule has 3 heteroatoms. The van der Waals surface area contributed by atoms with Crippen molar-refractivity contribution in [2.45, 2.75) is 71.4 Å². The van der Waals surface area contributed by atoms with E-state index < -0.39 is 0 Å². The lowest BCUT2D eigenvalue weighted by Crippen LogP contribution is -2.40. The van der Waals surface area contributed by atoms with Crippen LogP contribution in [0.1, 0.15) is 59.3 Å². The number of aliphatic hydroxyl groups excluding tert-OH is 1.